The summed E-state index contributed by atoms with van der Waals surface area (Å²) in [6.07, 6.45) is 2.23. The first-order valence-corrected chi connectivity index (χ1v) is 12.2. The van der Waals surface area contributed by atoms with Gasteiger partial charge in [0.25, 0.3) is 0 Å². The van der Waals surface area contributed by atoms with E-state index in [9.17, 15) is 14.7 Å². The Morgan fingerprint density at radius 2 is 2.14 bits per heavy atom. The number of nitrogens with zero attached hydrogens (tertiary/aromatic N) is 5. The van der Waals surface area contributed by atoms with E-state index in [1.54, 1.807) is 45.9 Å². The summed E-state index contributed by atoms with van der Waals surface area (Å²) in [5, 5.41) is 20.7. The molecule has 3 amide bonds. The number of carbonyl (C=O) groups excluding carboxylic acids is 2. The molecule has 196 valence electrons. The van der Waals surface area contributed by atoms with Crippen LogP contribution in [-0.4, -0.2) is 87.5 Å². The summed E-state index contributed by atoms with van der Waals surface area (Å²) < 4.78 is 18.7. The molecule has 0 bridgehead atoms. The number of nitrogens with one attached hydrogen (secondary N) is 1. The van der Waals surface area contributed by atoms with Gasteiger partial charge in [0.2, 0.25) is 12.7 Å². The van der Waals surface area contributed by atoms with Crippen molar-refractivity contribution < 1.29 is 28.9 Å². The average molecular weight is 503 g/mol. The average Bonchev–Trinajstić information content (AvgIpc) is 3.52. The van der Waals surface area contributed by atoms with Gasteiger partial charge in [0.1, 0.15) is 0 Å². The Kier molecular flexibility index (Phi) is 8.26. The first-order valence-electron chi connectivity index (χ1n) is 12.2. The maximum atomic E-state index is 13.0. The van der Waals surface area contributed by atoms with Crippen LogP contribution in [0.25, 0.3) is 0 Å². The molecule has 1 aromatic carbocycles. The Bertz CT molecular complexity index is 1060. The van der Waals surface area contributed by atoms with Crippen molar-refractivity contribution in [1.82, 2.24) is 24.8 Å². The van der Waals surface area contributed by atoms with Gasteiger partial charge in [0.05, 0.1) is 37.3 Å². The van der Waals surface area contributed by atoms with Crippen molar-refractivity contribution in [3.63, 3.8) is 0 Å². The fourth-order valence-electron chi connectivity index (χ4n) is 4.29. The van der Waals surface area contributed by atoms with Crippen molar-refractivity contribution in [1.29, 1.82) is 0 Å². The number of urea groups is 1. The molecule has 12 nitrogen and oxygen atoms in total. The minimum atomic E-state index is -0.388. The third-order valence-corrected chi connectivity index (χ3v) is 6.56. The van der Waals surface area contributed by atoms with Crippen LogP contribution < -0.4 is 14.8 Å². The van der Waals surface area contributed by atoms with Gasteiger partial charge in [0, 0.05) is 50.8 Å². The fourth-order valence-corrected chi connectivity index (χ4v) is 4.29. The molecule has 0 radical (unpaired) electrons. The van der Waals surface area contributed by atoms with E-state index in [1.807, 2.05) is 13.8 Å². The van der Waals surface area contributed by atoms with Crippen molar-refractivity contribution in [2.24, 2.45) is 5.92 Å². The summed E-state index contributed by atoms with van der Waals surface area (Å²) >= 11 is 0. The Morgan fingerprint density at radius 3 is 2.94 bits per heavy atom. The molecule has 0 saturated heterocycles. The number of aryl methyl sites for hydroxylation is 1. The quantitative estimate of drug-likeness (QED) is 0.632. The lowest BCUT2D eigenvalue weighted by Gasteiger charge is -2.35. The van der Waals surface area contributed by atoms with Gasteiger partial charge in [-0.2, -0.15) is 0 Å². The van der Waals surface area contributed by atoms with Crippen LogP contribution >= 0.6 is 0 Å². The first kappa shape index (κ1) is 25.7. The van der Waals surface area contributed by atoms with E-state index in [2.05, 4.69) is 15.6 Å². The zero-order valence-electron chi connectivity index (χ0n) is 20.9. The number of ether oxygens (including phenoxy) is 3. The lowest BCUT2D eigenvalue weighted by molar-refractivity contribution is -0.136. The highest BCUT2D eigenvalue weighted by Crippen LogP contribution is 2.34. The van der Waals surface area contributed by atoms with Crippen LogP contribution in [0.4, 0.5) is 10.5 Å². The molecule has 0 unspecified atom stereocenters. The molecule has 12 heteroatoms. The van der Waals surface area contributed by atoms with Gasteiger partial charge in [-0.1, -0.05) is 12.1 Å². The molecular weight excluding hydrogens is 468 g/mol. The molecule has 2 aliphatic rings. The summed E-state index contributed by atoms with van der Waals surface area (Å²) in [6, 6.07) is 4.59. The second-order valence-corrected chi connectivity index (χ2v) is 9.34. The highest BCUT2D eigenvalue weighted by Gasteiger charge is 2.29. The van der Waals surface area contributed by atoms with E-state index in [1.165, 1.54) is 0 Å². The maximum absolute atomic E-state index is 13.0. The highest BCUT2D eigenvalue weighted by molar-refractivity contribution is 5.89. The monoisotopic (exact) mass is 502 g/mol. The molecule has 2 aliphatic heterocycles. The third kappa shape index (κ3) is 6.05. The normalized spacial score (nSPS) is 21.2. The highest BCUT2D eigenvalue weighted by atomic mass is 16.7. The standard InChI is InChI=1S/C24H34N6O6/c1-16-11-29(17(2)13-31)23(32)5-4-8-30-19(10-25-27-30)14-34-22(16)12-28(3)24(33)26-18-6-7-20-21(9-18)36-15-35-20/h6-7,9-10,16-17,22,31H,4-5,8,11-15H2,1-3H3,(H,26,33)/t16-,17+,22-/m1/s1. The molecule has 3 atom stereocenters. The predicted octanol–water partition coefficient (Wildman–Crippen LogP) is 1.70. The first-order chi connectivity index (χ1) is 17.4. The Hall–Kier alpha value is -3.38. The minimum absolute atomic E-state index is 0.0294. The van der Waals surface area contributed by atoms with Crippen molar-refractivity contribution in [2.75, 3.05) is 38.9 Å². The molecule has 2 aromatic rings. The molecule has 0 aliphatic carbocycles. The van der Waals surface area contributed by atoms with Crippen LogP contribution in [0.15, 0.2) is 24.4 Å². The predicted molar refractivity (Wildman–Crippen MR) is 129 cm³/mol. The Labute approximate surface area is 210 Å². The largest absolute Gasteiger partial charge is 0.454 e. The number of hydrogen-bond acceptors (Lipinski definition) is 8. The van der Waals surface area contributed by atoms with E-state index in [0.29, 0.717) is 43.1 Å². The number of rotatable bonds is 5. The van der Waals surface area contributed by atoms with E-state index in [0.717, 1.165) is 5.69 Å². The smallest absolute Gasteiger partial charge is 0.321 e. The number of benzene rings is 1. The molecule has 36 heavy (non-hydrogen) atoms. The summed E-state index contributed by atoms with van der Waals surface area (Å²) in [5.41, 5.74) is 1.40. The van der Waals surface area contributed by atoms with Gasteiger partial charge in [-0.05, 0) is 25.5 Å². The molecule has 2 N–H and O–H groups in total. The summed E-state index contributed by atoms with van der Waals surface area (Å²) in [7, 11) is 1.69. The second kappa shape index (κ2) is 11.6. The van der Waals surface area contributed by atoms with Gasteiger partial charge in [0.15, 0.2) is 11.5 Å². The molecular formula is C24H34N6O6. The van der Waals surface area contributed by atoms with E-state index in [-0.39, 0.29) is 56.6 Å². The van der Waals surface area contributed by atoms with Crippen molar-refractivity contribution in [2.45, 2.75) is 52.0 Å². The van der Waals surface area contributed by atoms with E-state index >= 15 is 0 Å². The molecule has 1 aromatic heterocycles. The second-order valence-electron chi connectivity index (χ2n) is 9.34. The van der Waals surface area contributed by atoms with Crippen LogP contribution in [0.1, 0.15) is 32.4 Å². The number of hydrogen-bond donors (Lipinski definition) is 2. The van der Waals surface area contributed by atoms with Crippen molar-refractivity contribution in [3.8, 4) is 11.5 Å². The number of amides is 3. The van der Waals surface area contributed by atoms with Crippen LogP contribution in [0.3, 0.4) is 0 Å². The number of aromatic nitrogens is 3. The van der Waals surface area contributed by atoms with Crippen LogP contribution in [0, 0.1) is 5.92 Å². The van der Waals surface area contributed by atoms with Crippen molar-refractivity contribution in [3.05, 3.63) is 30.1 Å². The van der Waals surface area contributed by atoms with Gasteiger partial charge in [-0.3, -0.25) is 4.79 Å². The lowest BCUT2D eigenvalue weighted by Crippen LogP contribution is -2.48. The number of carbonyl (C=O) groups is 2. The van der Waals surface area contributed by atoms with Crippen LogP contribution in [0.5, 0.6) is 11.5 Å². The number of anilines is 1. The number of aliphatic hydroxyl groups excluding tert-OH is 1. The number of fused-ring (bicyclic) bond motifs is 2. The molecule has 0 saturated carbocycles. The SMILES string of the molecule is C[C@@H]1CN([C@@H](C)CO)C(=O)CCCn2nncc2CO[C@@H]1CN(C)C(=O)Nc1ccc2c(c1)OCO2. The Balaban J connectivity index is 1.48. The summed E-state index contributed by atoms with van der Waals surface area (Å²) in [6.45, 7) is 5.36. The minimum Gasteiger partial charge on any atom is -0.454 e. The third-order valence-electron chi connectivity index (χ3n) is 6.56. The van der Waals surface area contributed by atoms with E-state index in [4.69, 9.17) is 14.2 Å². The number of likely N-dealkylation sites (N-methyl/N-ethyl adjacent to an activating group) is 1. The van der Waals surface area contributed by atoms with Crippen LogP contribution in [0.2, 0.25) is 0 Å². The maximum Gasteiger partial charge on any atom is 0.321 e. The van der Waals surface area contributed by atoms with Gasteiger partial charge < -0.3 is 34.4 Å². The van der Waals surface area contributed by atoms with Crippen molar-refractivity contribution >= 4 is 17.6 Å². The zero-order chi connectivity index (χ0) is 25.7. The topological polar surface area (TPSA) is 131 Å². The molecule has 0 spiro atoms. The molecule has 0 fully saturated rings. The van der Waals surface area contributed by atoms with Gasteiger partial charge >= 0.3 is 6.03 Å². The molecule has 3 heterocycles. The van der Waals surface area contributed by atoms with Gasteiger partial charge in [-0.25, -0.2) is 9.48 Å². The summed E-state index contributed by atoms with van der Waals surface area (Å²) in [4.78, 5) is 29.2. The van der Waals surface area contributed by atoms with Crippen LogP contribution in [-0.2, 0) is 22.7 Å². The van der Waals surface area contributed by atoms with E-state index < -0.39 is 0 Å². The Morgan fingerprint density at radius 1 is 1.33 bits per heavy atom. The summed E-state index contributed by atoms with van der Waals surface area (Å²) in [5.74, 6) is 1.08. The molecule has 4 rings (SSSR count). The fraction of sp³-hybridized carbons (Fsp3) is 0.583. The number of aliphatic hydroxyl groups is 1. The lowest BCUT2D eigenvalue weighted by atomic mass is 10.0. The zero-order valence-corrected chi connectivity index (χ0v) is 20.9. The van der Waals surface area contributed by atoms with Gasteiger partial charge in [-0.15, -0.1) is 5.10 Å².